The minimum Gasteiger partial charge on any atom is -0.394 e. The molecule has 0 atom stereocenters. The van der Waals surface area contributed by atoms with E-state index in [-0.39, 0.29) is 23.8 Å². The van der Waals surface area contributed by atoms with E-state index in [0.29, 0.717) is 11.3 Å². The molecule has 1 aromatic rings. The van der Waals surface area contributed by atoms with Crippen LogP contribution < -0.4 is 5.32 Å². The molecule has 0 spiro atoms. The van der Waals surface area contributed by atoms with E-state index < -0.39 is 15.6 Å². The van der Waals surface area contributed by atoms with Crippen LogP contribution in [-0.2, 0) is 21.2 Å². The molecule has 1 aliphatic rings. The summed E-state index contributed by atoms with van der Waals surface area (Å²) in [6.07, 6.45) is 0.186. The van der Waals surface area contributed by atoms with Gasteiger partial charge in [0.15, 0.2) is 0 Å². The first-order valence-corrected chi connectivity index (χ1v) is 7.65. The van der Waals surface area contributed by atoms with E-state index in [1.54, 1.807) is 19.9 Å². The lowest BCUT2D eigenvalue weighted by Gasteiger charge is -2.32. The molecule has 0 aromatic heterocycles. The summed E-state index contributed by atoms with van der Waals surface area (Å²) < 4.78 is 26.2. The maximum absolute atomic E-state index is 12.5. The van der Waals surface area contributed by atoms with E-state index in [9.17, 15) is 18.3 Å². The van der Waals surface area contributed by atoms with Crippen LogP contribution >= 0.6 is 0 Å². The van der Waals surface area contributed by atoms with Gasteiger partial charge in [0.25, 0.3) is 0 Å². The first kappa shape index (κ1) is 15.0. The van der Waals surface area contributed by atoms with E-state index in [0.717, 1.165) is 4.31 Å². The number of hydrogen-bond acceptors (Lipinski definition) is 4. The van der Waals surface area contributed by atoms with Gasteiger partial charge in [-0.05, 0) is 37.6 Å². The molecule has 20 heavy (non-hydrogen) atoms. The smallest absolute Gasteiger partial charge is 0.243 e. The predicted molar refractivity (Wildman–Crippen MR) is 74.9 cm³/mol. The summed E-state index contributed by atoms with van der Waals surface area (Å²) >= 11 is 0. The van der Waals surface area contributed by atoms with Crippen LogP contribution in [0.2, 0.25) is 0 Å². The summed E-state index contributed by atoms with van der Waals surface area (Å²) in [7, 11) is -2.28. The summed E-state index contributed by atoms with van der Waals surface area (Å²) in [5, 5.41) is 12.0. The van der Waals surface area contributed by atoms with Crippen LogP contribution in [0.25, 0.3) is 0 Å². The Morgan fingerprint density at radius 1 is 1.40 bits per heavy atom. The average Bonchev–Trinajstić information content (AvgIpc) is 2.76. The number of carbonyl (C=O) groups is 1. The molecule has 1 aliphatic heterocycles. The third-order valence-corrected chi connectivity index (χ3v) is 5.66. The highest BCUT2D eigenvalue weighted by molar-refractivity contribution is 7.89. The number of aliphatic hydroxyl groups is 1. The fourth-order valence-corrected chi connectivity index (χ4v) is 3.50. The average molecular weight is 298 g/mol. The van der Waals surface area contributed by atoms with E-state index >= 15 is 0 Å². The van der Waals surface area contributed by atoms with Crippen molar-refractivity contribution in [2.24, 2.45) is 0 Å². The second-order valence-electron chi connectivity index (χ2n) is 5.49. The third kappa shape index (κ3) is 2.44. The second-order valence-corrected chi connectivity index (χ2v) is 7.46. The molecule has 0 saturated heterocycles. The van der Waals surface area contributed by atoms with Crippen molar-refractivity contribution in [2.45, 2.75) is 30.7 Å². The van der Waals surface area contributed by atoms with Crippen molar-refractivity contribution >= 4 is 21.6 Å². The Balaban J connectivity index is 2.41. The number of hydrogen-bond donors (Lipinski definition) is 2. The fraction of sp³-hybridized carbons (Fsp3) is 0.462. The molecule has 1 aromatic carbocycles. The summed E-state index contributed by atoms with van der Waals surface area (Å²) in [6.45, 7) is 3.00. The van der Waals surface area contributed by atoms with Gasteiger partial charge < -0.3 is 10.4 Å². The van der Waals surface area contributed by atoms with Crippen molar-refractivity contribution in [2.75, 3.05) is 19.0 Å². The minimum absolute atomic E-state index is 0.122. The molecular formula is C13H18N2O4S. The molecule has 0 fully saturated rings. The van der Waals surface area contributed by atoms with Gasteiger partial charge in [-0.25, -0.2) is 8.42 Å². The Kier molecular flexibility index (Phi) is 3.62. The van der Waals surface area contributed by atoms with Gasteiger partial charge in [0.1, 0.15) is 0 Å². The van der Waals surface area contributed by atoms with Crippen molar-refractivity contribution in [3.05, 3.63) is 23.8 Å². The molecular weight excluding hydrogens is 280 g/mol. The summed E-state index contributed by atoms with van der Waals surface area (Å²) in [5.41, 5.74) is 0.427. The van der Waals surface area contributed by atoms with Crippen LogP contribution in [0.4, 0.5) is 5.69 Å². The lowest BCUT2D eigenvalue weighted by atomic mass is 10.1. The highest BCUT2D eigenvalue weighted by Gasteiger charge is 2.34. The van der Waals surface area contributed by atoms with Crippen molar-refractivity contribution < 1.29 is 18.3 Å². The molecule has 110 valence electrons. The van der Waals surface area contributed by atoms with E-state index in [1.165, 1.54) is 19.2 Å². The Bertz CT molecular complexity index is 652. The number of aliphatic hydroxyl groups excluding tert-OH is 1. The number of anilines is 1. The molecule has 0 saturated carbocycles. The molecule has 1 heterocycles. The standard InChI is InChI=1S/C13H18N2O4S/c1-13(2,8-16)15(3)20(18,19)10-4-5-11-9(6-10)7-12(17)14-11/h4-6,16H,7-8H2,1-3H3,(H,14,17). The van der Waals surface area contributed by atoms with Crippen LogP contribution in [0.15, 0.2) is 23.1 Å². The van der Waals surface area contributed by atoms with Gasteiger partial charge in [0.2, 0.25) is 15.9 Å². The summed E-state index contributed by atoms with van der Waals surface area (Å²) in [4.78, 5) is 11.4. The molecule has 0 radical (unpaired) electrons. The zero-order valence-electron chi connectivity index (χ0n) is 11.7. The molecule has 0 bridgehead atoms. The maximum Gasteiger partial charge on any atom is 0.243 e. The number of sulfonamides is 1. The molecule has 0 unspecified atom stereocenters. The first-order valence-electron chi connectivity index (χ1n) is 6.21. The van der Waals surface area contributed by atoms with Gasteiger partial charge in [-0.1, -0.05) is 0 Å². The van der Waals surface area contributed by atoms with Crippen LogP contribution in [0.1, 0.15) is 19.4 Å². The predicted octanol–water partition coefficient (Wildman–Crippen LogP) is 0.573. The lowest BCUT2D eigenvalue weighted by molar-refractivity contribution is -0.115. The molecule has 7 heteroatoms. The summed E-state index contributed by atoms with van der Waals surface area (Å²) in [6, 6.07) is 4.56. The Hall–Kier alpha value is -1.44. The zero-order chi connectivity index (χ0) is 15.1. The third-order valence-electron chi connectivity index (χ3n) is 3.60. The molecule has 1 amide bonds. The number of carbonyl (C=O) groups excluding carboxylic acids is 1. The van der Waals surface area contributed by atoms with Crippen LogP contribution in [-0.4, -0.2) is 42.9 Å². The Morgan fingerprint density at radius 3 is 2.65 bits per heavy atom. The minimum atomic E-state index is -3.71. The number of benzene rings is 1. The Labute approximate surface area is 118 Å². The molecule has 2 N–H and O–H groups in total. The van der Waals surface area contributed by atoms with Crippen LogP contribution in [0.3, 0.4) is 0 Å². The van der Waals surface area contributed by atoms with Crippen molar-refractivity contribution in [3.63, 3.8) is 0 Å². The Morgan fingerprint density at radius 2 is 2.05 bits per heavy atom. The van der Waals surface area contributed by atoms with Gasteiger partial charge in [-0.15, -0.1) is 0 Å². The number of fused-ring (bicyclic) bond motifs is 1. The highest BCUT2D eigenvalue weighted by Crippen LogP contribution is 2.29. The number of likely N-dealkylation sites (N-methyl/N-ethyl adjacent to an activating group) is 1. The topological polar surface area (TPSA) is 86.7 Å². The lowest BCUT2D eigenvalue weighted by Crippen LogP contribution is -2.47. The van der Waals surface area contributed by atoms with E-state index in [2.05, 4.69) is 5.32 Å². The monoisotopic (exact) mass is 298 g/mol. The number of amides is 1. The summed E-state index contributed by atoms with van der Waals surface area (Å²) in [5.74, 6) is -0.140. The van der Waals surface area contributed by atoms with Gasteiger partial charge in [-0.2, -0.15) is 4.31 Å². The van der Waals surface area contributed by atoms with Crippen LogP contribution in [0.5, 0.6) is 0 Å². The number of nitrogens with zero attached hydrogens (tertiary/aromatic N) is 1. The first-order chi connectivity index (χ1) is 9.18. The number of nitrogens with one attached hydrogen (secondary N) is 1. The zero-order valence-corrected chi connectivity index (χ0v) is 12.5. The SMILES string of the molecule is CN(C(C)(C)CO)S(=O)(=O)c1ccc2c(c1)CC(=O)N2. The van der Waals surface area contributed by atoms with Crippen molar-refractivity contribution in [1.29, 1.82) is 0 Å². The van der Waals surface area contributed by atoms with Gasteiger partial charge in [0.05, 0.1) is 23.5 Å². The van der Waals surface area contributed by atoms with Crippen molar-refractivity contribution in [3.8, 4) is 0 Å². The highest BCUT2D eigenvalue weighted by atomic mass is 32.2. The van der Waals surface area contributed by atoms with Gasteiger partial charge in [0, 0.05) is 12.7 Å². The van der Waals surface area contributed by atoms with Gasteiger partial charge in [-0.3, -0.25) is 4.79 Å². The van der Waals surface area contributed by atoms with Crippen molar-refractivity contribution in [1.82, 2.24) is 4.31 Å². The normalized spacial score (nSPS) is 15.3. The van der Waals surface area contributed by atoms with E-state index in [1.807, 2.05) is 0 Å². The van der Waals surface area contributed by atoms with Gasteiger partial charge >= 0.3 is 0 Å². The van der Waals surface area contributed by atoms with E-state index in [4.69, 9.17) is 0 Å². The number of rotatable bonds is 4. The van der Waals surface area contributed by atoms with Crippen LogP contribution in [0, 0.1) is 0 Å². The largest absolute Gasteiger partial charge is 0.394 e. The molecule has 6 nitrogen and oxygen atoms in total. The maximum atomic E-state index is 12.5. The molecule has 2 rings (SSSR count). The fourth-order valence-electron chi connectivity index (χ4n) is 1.95. The second kappa shape index (κ2) is 4.83. The quantitative estimate of drug-likeness (QED) is 0.851. The molecule has 0 aliphatic carbocycles.